The lowest BCUT2D eigenvalue weighted by molar-refractivity contribution is -0.113. The van der Waals surface area contributed by atoms with Gasteiger partial charge in [-0.15, -0.1) is 0 Å². The lowest BCUT2D eigenvalue weighted by atomic mass is 9.94. The number of para-hydroxylation sites is 1. The Kier molecular flexibility index (Phi) is 6.73. The highest BCUT2D eigenvalue weighted by molar-refractivity contribution is 9.10. The van der Waals surface area contributed by atoms with Gasteiger partial charge >= 0.3 is 0 Å². The van der Waals surface area contributed by atoms with Gasteiger partial charge in [-0.2, -0.15) is 10.1 Å². The van der Waals surface area contributed by atoms with Crippen molar-refractivity contribution in [2.45, 2.75) is 19.6 Å². The third-order valence-electron chi connectivity index (χ3n) is 5.88. The van der Waals surface area contributed by atoms with Gasteiger partial charge in [0.05, 0.1) is 12.7 Å². The van der Waals surface area contributed by atoms with Gasteiger partial charge in [-0.3, -0.25) is 4.79 Å². The fourth-order valence-corrected chi connectivity index (χ4v) is 4.39. The van der Waals surface area contributed by atoms with Crippen molar-refractivity contribution in [1.82, 2.24) is 14.8 Å². The van der Waals surface area contributed by atoms with E-state index < -0.39 is 6.04 Å². The Morgan fingerprint density at radius 2 is 1.86 bits per heavy atom. The number of allylic oxidation sites excluding steroid dienone is 1. The van der Waals surface area contributed by atoms with Crippen LogP contribution in [-0.2, 0) is 11.4 Å². The van der Waals surface area contributed by atoms with Crippen LogP contribution in [0.1, 0.15) is 24.1 Å². The van der Waals surface area contributed by atoms with E-state index in [1.54, 1.807) is 11.8 Å². The van der Waals surface area contributed by atoms with Crippen LogP contribution in [0.5, 0.6) is 11.5 Å². The van der Waals surface area contributed by atoms with Crippen molar-refractivity contribution in [3.8, 4) is 11.5 Å². The first kappa shape index (κ1) is 23.6. The third-order valence-corrected chi connectivity index (χ3v) is 6.41. The molecule has 0 radical (unpaired) electrons. The van der Waals surface area contributed by atoms with Crippen LogP contribution in [0.4, 0.5) is 11.6 Å². The summed E-state index contributed by atoms with van der Waals surface area (Å²) in [7, 11) is 1.60. The van der Waals surface area contributed by atoms with Gasteiger partial charge in [-0.25, -0.2) is 4.68 Å². The molecule has 0 aliphatic carbocycles. The summed E-state index contributed by atoms with van der Waals surface area (Å²) in [6.45, 7) is 2.26. The zero-order valence-electron chi connectivity index (χ0n) is 19.7. The van der Waals surface area contributed by atoms with E-state index in [-0.39, 0.29) is 5.91 Å². The monoisotopic (exact) mass is 545 g/mol. The third kappa shape index (κ3) is 4.83. The normalized spacial score (nSPS) is 14.6. The first-order chi connectivity index (χ1) is 17.5. The van der Waals surface area contributed by atoms with Crippen molar-refractivity contribution < 1.29 is 14.3 Å². The lowest BCUT2D eigenvalue weighted by Crippen LogP contribution is -2.31. The number of anilines is 2. The van der Waals surface area contributed by atoms with Crippen LogP contribution in [0, 0.1) is 0 Å². The number of carbonyl (C=O) groups is 1. The number of rotatable bonds is 7. The van der Waals surface area contributed by atoms with E-state index in [1.165, 1.54) is 6.33 Å². The van der Waals surface area contributed by atoms with E-state index in [1.807, 2.05) is 79.7 Å². The summed E-state index contributed by atoms with van der Waals surface area (Å²) in [5.41, 5.74) is 3.79. The highest BCUT2D eigenvalue weighted by atomic mass is 79.9. The molecule has 2 N–H and O–H groups in total. The van der Waals surface area contributed by atoms with Gasteiger partial charge in [0.25, 0.3) is 5.91 Å². The average Bonchev–Trinajstić information content (AvgIpc) is 3.36. The number of halogens is 1. The molecule has 182 valence electrons. The van der Waals surface area contributed by atoms with Gasteiger partial charge < -0.3 is 20.1 Å². The van der Waals surface area contributed by atoms with E-state index in [2.05, 4.69) is 36.6 Å². The van der Waals surface area contributed by atoms with Crippen LogP contribution < -0.4 is 20.1 Å². The van der Waals surface area contributed by atoms with Crippen molar-refractivity contribution in [2.24, 2.45) is 0 Å². The van der Waals surface area contributed by atoms with Gasteiger partial charge in [-0.05, 0) is 54.4 Å². The molecule has 5 rings (SSSR count). The summed E-state index contributed by atoms with van der Waals surface area (Å²) in [5.74, 6) is 1.49. The summed E-state index contributed by atoms with van der Waals surface area (Å²) in [4.78, 5) is 17.8. The molecule has 0 saturated carbocycles. The Morgan fingerprint density at radius 1 is 1.08 bits per heavy atom. The highest BCUT2D eigenvalue weighted by Crippen LogP contribution is 2.39. The smallest absolute Gasteiger partial charge is 0.255 e. The first-order valence-electron chi connectivity index (χ1n) is 11.3. The number of ether oxygens (including phenoxy) is 2. The Hall–Kier alpha value is -4.11. The summed E-state index contributed by atoms with van der Waals surface area (Å²) >= 11 is 3.45. The number of carbonyl (C=O) groups excluding carboxylic acids is 1. The van der Waals surface area contributed by atoms with Crippen LogP contribution in [0.2, 0.25) is 0 Å². The zero-order valence-corrected chi connectivity index (χ0v) is 21.3. The Bertz CT molecular complexity index is 1420. The number of hydrogen-bond donors (Lipinski definition) is 2. The molecule has 36 heavy (non-hydrogen) atoms. The number of aromatic nitrogens is 3. The maximum atomic E-state index is 13.5. The molecule has 0 spiro atoms. The molecule has 9 heteroatoms. The minimum atomic E-state index is -0.512. The molecule has 0 bridgehead atoms. The minimum Gasteiger partial charge on any atom is -0.493 e. The van der Waals surface area contributed by atoms with Gasteiger partial charge in [-0.1, -0.05) is 52.3 Å². The Morgan fingerprint density at radius 3 is 2.61 bits per heavy atom. The SMILES string of the molecule is COc1cc(C2C(C(=O)Nc3ccccc3)=C(C)Nc3ncnn32)ccc1OCc1ccc(Br)cc1. The van der Waals surface area contributed by atoms with Crippen LogP contribution in [0.25, 0.3) is 0 Å². The second-order valence-electron chi connectivity index (χ2n) is 8.24. The van der Waals surface area contributed by atoms with E-state index in [9.17, 15) is 4.79 Å². The number of nitrogens with one attached hydrogen (secondary N) is 2. The summed E-state index contributed by atoms with van der Waals surface area (Å²) in [5, 5.41) is 10.6. The molecule has 1 unspecified atom stereocenters. The van der Waals surface area contributed by atoms with Gasteiger partial charge in [0.15, 0.2) is 11.5 Å². The average molecular weight is 546 g/mol. The molecule has 2 heterocycles. The van der Waals surface area contributed by atoms with Gasteiger partial charge in [0, 0.05) is 15.9 Å². The van der Waals surface area contributed by atoms with E-state index in [4.69, 9.17) is 9.47 Å². The van der Waals surface area contributed by atoms with E-state index >= 15 is 0 Å². The Balaban J connectivity index is 1.47. The van der Waals surface area contributed by atoms with E-state index in [0.29, 0.717) is 41.0 Å². The zero-order chi connectivity index (χ0) is 25.1. The standard InChI is InChI=1S/C27H24BrN5O3/c1-17-24(26(34)32-21-6-4-3-5-7-21)25(33-27(31-17)29-16-30-33)19-10-13-22(23(14-19)35-2)36-15-18-8-11-20(28)12-9-18/h3-14,16,25H,15H2,1-2H3,(H,32,34)(H,29,30,31). The summed E-state index contributed by atoms with van der Waals surface area (Å²) in [6, 6.07) is 22.4. The second-order valence-corrected chi connectivity index (χ2v) is 9.16. The molecule has 1 aliphatic heterocycles. The van der Waals surface area contributed by atoms with Crippen molar-refractivity contribution >= 4 is 33.5 Å². The maximum absolute atomic E-state index is 13.5. The molecule has 1 aliphatic rings. The molecule has 1 amide bonds. The molecule has 0 saturated heterocycles. The van der Waals surface area contributed by atoms with Crippen molar-refractivity contribution in [3.63, 3.8) is 0 Å². The number of amides is 1. The molecule has 0 fully saturated rings. The summed E-state index contributed by atoms with van der Waals surface area (Å²) < 4.78 is 14.4. The molecule has 3 aromatic carbocycles. The van der Waals surface area contributed by atoms with Gasteiger partial charge in [0.2, 0.25) is 5.95 Å². The number of hydrogen-bond acceptors (Lipinski definition) is 6. The number of fused-ring (bicyclic) bond motifs is 1. The molecule has 1 atom stereocenters. The number of nitrogens with zero attached hydrogens (tertiary/aromatic N) is 3. The van der Waals surface area contributed by atoms with Crippen LogP contribution in [-0.4, -0.2) is 27.8 Å². The molecule has 4 aromatic rings. The van der Waals surface area contributed by atoms with Crippen molar-refractivity contribution in [3.05, 3.63) is 106 Å². The quantitative estimate of drug-likeness (QED) is 0.316. The molecular formula is C27H24BrN5O3. The molecular weight excluding hydrogens is 522 g/mol. The summed E-state index contributed by atoms with van der Waals surface area (Å²) in [6.07, 6.45) is 1.47. The lowest BCUT2D eigenvalue weighted by Gasteiger charge is -2.29. The van der Waals surface area contributed by atoms with E-state index in [0.717, 1.165) is 15.6 Å². The van der Waals surface area contributed by atoms with Crippen molar-refractivity contribution in [2.75, 3.05) is 17.7 Å². The largest absolute Gasteiger partial charge is 0.493 e. The predicted octanol–water partition coefficient (Wildman–Crippen LogP) is 5.56. The predicted molar refractivity (Wildman–Crippen MR) is 141 cm³/mol. The van der Waals surface area contributed by atoms with Gasteiger partial charge in [0.1, 0.15) is 19.0 Å². The highest BCUT2D eigenvalue weighted by Gasteiger charge is 2.34. The maximum Gasteiger partial charge on any atom is 0.255 e. The molecule has 8 nitrogen and oxygen atoms in total. The minimum absolute atomic E-state index is 0.230. The number of methoxy groups -OCH3 is 1. The van der Waals surface area contributed by atoms with Crippen LogP contribution >= 0.6 is 15.9 Å². The Labute approximate surface area is 217 Å². The van der Waals surface area contributed by atoms with Crippen LogP contribution in [0.15, 0.2) is 94.9 Å². The van der Waals surface area contributed by atoms with Crippen LogP contribution in [0.3, 0.4) is 0 Å². The molecule has 1 aromatic heterocycles. The number of benzene rings is 3. The first-order valence-corrected chi connectivity index (χ1v) is 12.1. The fraction of sp³-hybridized carbons (Fsp3) is 0.148. The van der Waals surface area contributed by atoms with Crippen molar-refractivity contribution in [1.29, 1.82) is 0 Å². The second kappa shape index (κ2) is 10.2. The topological polar surface area (TPSA) is 90.3 Å². The fourth-order valence-electron chi connectivity index (χ4n) is 4.13.